The number of carbonyl (C=O) groups is 2. The molecular formula is C32H33FN4O3. The van der Waals surface area contributed by atoms with Crippen LogP contribution in [0.4, 0.5) is 9.18 Å². The van der Waals surface area contributed by atoms with Crippen LogP contribution in [0.3, 0.4) is 0 Å². The summed E-state index contributed by atoms with van der Waals surface area (Å²) >= 11 is 0. The van der Waals surface area contributed by atoms with Crippen molar-refractivity contribution in [2.45, 2.75) is 31.3 Å². The van der Waals surface area contributed by atoms with Crippen LogP contribution in [0.15, 0.2) is 110 Å². The van der Waals surface area contributed by atoms with E-state index in [0.29, 0.717) is 25.1 Å². The Morgan fingerprint density at radius 1 is 0.975 bits per heavy atom. The highest BCUT2D eigenvalue weighted by molar-refractivity contribution is 5.85. The maximum absolute atomic E-state index is 15.8. The number of rotatable bonds is 12. The van der Waals surface area contributed by atoms with Gasteiger partial charge in [0.2, 0.25) is 5.91 Å². The molecule has 0 aliphatic rings. The quantitative estimate of drug-likeness (QED) is 0.147. The van der Waals surface area contributed by atoms with Crippen LogP contribution in [-0.2, 0) is 21.5 Å². The smallest absolute Gasteiger partial charge is 0.408 e. The monoisotopic (exact) mass is 540 g/mol. The molecule has 1 aromatic heterocycles. The predicted octanol–water partition coefficient (Wildman–Crippen LogP) is 5.21. The molecule has 0 spiro atoms. The number of alkyl carbamates (subject to hydrolysis) is 1. The zero-order chi connectivity index (χ0) is 28.4. The van der Waals surface area contributed by atoms with Crippen molar-refractivity contribution in [2.24, 2.45) is 0 Å². The maximum Gasteiger partial charge on any atom is 0.408 e. The highest BCUT2D eigenvalue weighted by Gasteiger charge is 2.40. The molecule has 0 bridgehead atoms. The van der Waals surface area contributed by atoms with Gasteiger partial charge in [-0.15, -0.1) is 0 Å². The van der Waals surface area contributed by atoms with Gasteiger partial charge in [0, 0.05) is 12.7 Å². The second-order valence-corrected chi connectivity index (χ2v) is 9.33. The fourth-order valence-corrected chi connectivity index (χ4v) is 4.77. The number of aryl methyl sites for hydroxylation is 1. The Bertz CT molecular complexity index is 1310. The van der Waals surface area contributed by atoms with Gasteiger partial charge in [-0.05, 0) is 36.5 Å². The molecule has 2 N–H and O–H groups in total. The van der Waals surface area contributed by atoms with Gasteiger partial charge >= 0.3 is 6.09 Å². The SMILES string of the molecule is C=CCOC(=O)N[C@@H](C)C(=O)NCCCc1cn(C(c2ccccc2)(c2ccccc2)c2ccccc2)c(F)n1. The number of carbonyl (C=O) groups excluding carboxylic acids is 2. The van der Waals surface area contributed by atoms with E-state index >= 15 is 4.39 Å². The Balaban J connectivity index is 1.56. The first-order valence-corrected chi connectivity index (χ1v) is 13.2. The summed E-state index contributed by atoms with van der Waals surface area (Å²) in [6, 6.07) is 28.7. The van der Waals surface area contributed by atoms with Crippen LogP contribution >= 0.6 is 0 Å². The summed E-state index contributed by atoms with van der Waals surface area (Å²) in [5, 5.41) is 5.25. The van der Waals surface area contributed by atoms with Crippen molar-refractivity contribution in [3.63, 3.8) is 0 Å². The van der Waals surface area contributed by atoms with Gasteiger partial charge in [0.15, 0.2) is 0 Å². The zero-order valence-electron chi connectivity index (χ0n) is 22.4. The van der Waals surface area contributed by atoms with Gasteiger partial charge in [-0.25, -0.2) is 9.78 Å². The lowest BCUT2D eigenvalue weighted by Crippen LogP contribution is -2.45. The Morgan fingerprint density at radius 3 is 2.00 bits per heavy atom. The van der Waals surface area contributed by atoms with E-state index in [2.05, 4.69) is 22.2 Å². The second kappa shape index (κ2) is 13.4. The van der Waals surface area contributed by atoms with Gasteiger partial charge in [0.05, 0.1) is 5.69 Å². The molecule has 1 atom stereocenters. The van der Waals surface area contributed by atoms with Crippen molar-refractivity contribution in [3.8, 4) is 0 Å². The highest BCUT2D eigenvalue weighted by Crippen LogP contribution is 2.41. The van der Waals surface area contributed by atoms with Crippen LogP contribution in [0.25, 0.3) is 0 Å². The molecule has 0 saturated carbocycles. The number of aromatic nitrogens is 2. The van der Waals surface area contributed by atoms with Crippen molar-refractivity contribution in [1.82, 2.24) is 20.2 Å². The molecule has 0 saturated heterocycles. The summed E-state index contributed by atoms with van der Waals surface area (Å²) < 4.78 is 22.3. The third kappa shape index (κ3) is 6.29. The average Bonchev–Trinajstić information content (AvgIpc) is 3.36. The van der Waals surface area contributed by atoms with Crippen LogP contribution in [0.2, 0.25) is 0 Å². The summed E-state index contributed by atoms with van der Waals surface area (Å²) in [5.41, 5.74) is 2.27. The summed E-state index contributed by atoms with van der Waals surface area (Å²) in [7, 11) is 0. The Morgan fingerprint density at radius 2 is 1.50 bits per heavy atom. The van der Waals surface area contributed by atoms with E-state index < -0.39 is 23.8 Å². The zero-order valence-corrected chi connectivity index (χ0v) is 22.4. The Kier molecular flexibility index (Phi) is 9.46. The number of benzene rings is 3. The molecular weight excluding hydrogens is 507 g/mol. The number of imidazole rings is 1. The Labute approximate surface area is 233 Å². The molecule has 0 fully saturated rings. The van der Waals surface area contributed by atoms with E-state index in [9.17, 15) is 9.59 Å². The Hall–Kier alpha value is -4.72. The van der Waals surface area contributed by atoms with Crippen molar-refractivity contribution in [1.29, 1.82) is 0 Å². The van der Waals surface area contributed by atoms with Gasteiger partial charge < -0.3 is 15.4 Å². The van der Waals surface area contributed by atoms with Crippen LogP contribution in [-0.4, -0.2) is 40.7 Å². The lowest BCUT2D eigenvalue weighted by Gasteiger charge is -2.37. The van der Waals surface area contributed by atoms with Gasteiger partial charge in [-0.1, -0.05) is 104 Å². The molecule has 7 nitrogen and oxygen atoms in total. The number of nitrogens with zero attached hydrogens (tertiary/aromatic N) is 2. The third-order valence-corrected chi connectivity index (χ3v) is 6.62. The van der Waals surface area contributed by atoms with Gasteiger partial charge in [-0.3, -0.25) is 9.36 Å². The minimum Gasteiger partial charge on any atom is -0.445 e. The summed E-state index contributed by atoms with van der Waals surface area (Å²) in [4.78, 5) is 28.3. The molecule has 2 amide bonds. The minimum absolute atomic E-state index is 0.0590. The number of halogens is 1. The highest BCUT2D eigenvalue weighted by atomic mass is 19.1. The topological polar surface area (TPSA) is 85.2 Å². The fourth-order valence-electron chi connectivity index (χ4n) is 4.77. The van der Waals surface area contributed by atoms with Crippen molar-refractivity contribution >= 4 is 12.0 Å². The molecule has 0 radical (unpaired) electrons. The van der Waals surface area contributed by atoms with Crippen LogP contribution in [0, 0.1) is 6.08 Å². The first-order chi connectivity index (χ1) is 19.5. The van der Waals surface area contributed by atoms with Crippen molar-refractivity contribution in [3.05, 3.63) is 138 Å². The van der Waals surface area contributed by atoms with E-state index in [0.717, 1.165) is 16.7 Å². The van der Waals surface area contributed by atoms with Gasteiger partial charge in [0.1, 0.15) is 18.2 Å². The molecule has 1 heterocycles. The number of ether oxygens (including phenoxy) is 1. The molecule has 0 aliphatic heterocycles. The van der Waals surface area contributed by atoms with Crippen LogP contribution < -0.4 is 10.6 Å². The van der Waals surface area contributed by atoms with Crippen LogP contribution in [0.1, 0.15) is 35.7 Å². The summed E-state index contributed by atoms with van der Waals surface area (Å²) in [5.74, 6) is -0.344. The molecule has 40 heavy (non-hydrogen) atoms. The number of hydrogen-bond acceptors (Lipinski definition) is 4. The fraction of sp³-hybridized carbons (Fsp3) is 0.219. The van der Waals surface area contributed by atoms with Crippen molar-refractivity contribution < 1.29 is 18.7 Å². The van der Waals surface area contributed by atoms with Gasteiger partial charge in [-0.2, -0.15) is 4.39 Å². The molecule has 8 heteroatoms. The number of nitrogens with one attached hydrogen (secondary N) is 2. The van der Waals surface area contributed by atoms with E-state index in [-0.39, 0.29) is 12.5 Å². The molecule has 0 unspecified atom stereocenters. The number of hydrogen-bond donors (Lipinski definition) is 2. The van der Waals surface area contributed by atoms with E-state index in [1.54, 1.807) is 17.7 Å². The van der Waals surface area contributed by atoms with Gasteiger partial charge in [0.25, 0.3) is 6.08 Å². The number of amides is 2. The molecule has 206 valence electrons. The second-order valence-electron chi connectivity index (χ2n) is 9.33. The van der Waals surface area contributed by atoms with E-state index in [1.807, 2.05) is 91.0 Å². The normalized spacial score (nSPS) is 11.8. The minimum atomic E-state index is -0.991. The average molecular weight is 541 g/mol. The van der Waals surface area contributed by atoms with E-state index in [4.69, 9.17) is 4.74 Å². The third-order valence-electron chi connectivity index (χ3n) is 6.62. The molecule has 0 aliphatic carbocycles. The first kappa shape index (κ1) is 28.3. The molecule has 3 aromatic carbocycles. The predicted molar refractivity (Wildman–Crippen MR) is 152 cm³/mol. The van der Waals surface area contributed by atoms with E-state index in [1.165, 1.54) is 6.08 Å². The largest absolute Gasteiger partial charge is 0.445 e. The lowest BCUT2D eigenvalue weighted by atomic mass is 9.76. The summed E-state index contributed by atoms with van der Waals surface area (Å²) in [6.07, 6.45) is 2.88. The molecule has 4 rings (SSSR count). The summed E-state index contributed by atoms with van der Waals surface area (Å²) in [6.45, 7) is 5.44. The molecule has 4 aromatic rings. The lowest BCUT2D eigenvalue weighted by molar-refractivity contribution is -0.122. The standard InChI is InChI=1S/C32H33FN4O3/c1-3-22-40-31(39)35-24(2)29(38)34-21-13-20-28-23-37(30(33)36-28)32(25-14-7-4-8-15-25,26-16-9-5-10-17-26)27-18-11-6-12-19-27/h3-12,14-19,23-24H,1,13,20-22H2,2H3,(H,34,38)(H,35,39)/t24-/m0/s1. The van der Waals surface area contributed by atoms with Crippen LogP contribution in [0.5, 0.6) is 0 Å². The maximum atomic E-state index is 15.8. The van der Waals surface area contributed by atoms with Crippen molar-refractivity contribution in [2.75, 3.05) is 13.2 Å². The first-order valence-electron chi connectivity index (χ1n) is 13.2.